The van der Waals surface area contributed by atoms with Crippen molar-refractivity contribution in [3.05, 3.63) is 24.3 Å². The highest BCUT2D eigenvalue weighted by molar-refractivity contribution is 7.92. The smallest absolute Gasteiger partial charge is 0.371 e. The first-order valence-electron chi connectivity index (χ1n) is 6.58. The third kappa shape index (κ3) is 3.18. The van der Waals surface area contributed by atoms with Crippen LogP contribution in [0.1, 0.15) is 12.8 Å². The van der Waals surface area contributed by atoms with E-state index in [9.17, 15) is 26.4 Å². The van der Waals surface area contributed by atoms with E-state index in [0.717, 1.165) is 18.6 Å². The number of benzene rings is 1. The Labute approximate surface area is 125 Å². The van der Waals surface area contributed by atoms with E-state index >= 15 is 0 Å². The topological polar surface area (TPSA) is 80.5 Å². The maximum Gasteiger partial charge on any atom is 0.501 e. The standard InChI is InChI=1S/C13H15F3N2O3S/c14-13(15,16)22(20,21)11-5-3-10(4-6-11)18-7-1-2-9(8-18)12(17)19/h3-6,9H,1-2,7-8H2,(H2,17,19)/t9-/m0/s1. The second-order valence-corrected chi connectivity index (χ2v) is 7.07. The molecule has 0 radical (unpaired) electrons. The molecule has 1 saturated heterocycles. The summed E-state index contributed by atoms with van der Waals surface area (Å²) in [4.78, 5) is 12.2. The number of hydrogen-bond donors (Lipinski definition) is 1. The number of anilines is 1. The molecule has 0 saturated carbocycles. The first-order chi connectivity index (χ1) is 10.1. The van der Waals surface area contributed by atoms with Crippen LogP contribution in [0.3, 0.4) is 0 Å². The van der Waals surface area contributed by atoms with E-state index in [-0.39, 0.29) is 5.92 Å². The van der Waals surface area contributed by atoms with Crippen molar-refractivity contribution in [2.75, 3.05) is 18.0 Å². The average molecular weight is 336 g/mol. The van der Waals surface area contributed by atoms with Gasteiger partial charge in [0.25, 0.3) is 9.84 Å². The molecule has 1 aliphatic rings. The van der Waals surface area contributed by atoms with Gasteiger partial charge in [0, 0.05) is 18.8 Å². The maximum absolute atomic E-state index is 12.5. The molecule has 1 amide bonds. The Morgan fingerprint density at radius 3 is 2.32 bits per heavy atom. The van der Waals surface area contributed by atoms with Crippen LogP contribution in [0.5, 0.6) is 0 Å². The summed E-state index contributed by atoms with van der Waals surface area (Å²) < 4.78 is 60.0. The number of nitrogens with zero attached hydrogens (tertiary/aromatic N) is 1. The normalized spacial score (nSPS) is 20.0. The number of nitrogens with two attached hydrogens (primary N) is 1. The lowest BCUT2D eigenvalue weighted by atomic mass is 9.97. The molecular formula is C13H15F3N2O3S. The molecule has 0 bridgehead atoms. The zero-order valence-corrected chi connectivity index (χ0v) is 12.3. The predicted molar refractivity (Wildman–Crippen MR) is 73.8 cm³/mol. The van der Waals surface area contributed by atoms with Gasteiger partial charge in [-0.05, 0) is 37.1 Å². The van der Waals surface area contributed by atoms with Gasteiger partial charge in [-0.15, -0.1) is 0 Å². The molecule has 2 rings (SSSR count). The summed E-state index contributed by atoms with van der Waals surface area (Å²) in [5, 5.41) is 0. The van der Waals surface area contributed by atoms with Gasteiger partial charge in [0.05, 0.1) is 10.8 Å². The highest BCUT2D eigenvalue weighted by Crippen LogP contribution is 2.31. The molecule has 0 unspecified atom stereocenters. The van der Waals surface area contributed by atoms with Gasteiger partial charge in [-0.25, -0.2) is 8.42 Å². The van der Waals surface area contributed by atoms with E-state index in [2.05, 4.69) is 0 Å². The van der Waals surface area contributed by atoms with Crippen LogP contribution in [0.4, 0.5) is 18.9 Å². The van der Waals surface area contributed by atoms with Gasteiger partial charge in [-0.2, -0.15) is 13.2 Å². The quantitative estimate of drug-likeness (QED) is 0.911. The van der Waals surface area contributed by atoms with Crippen LogP contribution in [0, 0.1) is 5.92 Å². The van der Waals surface area contributed by atoms with Gasteiger partial charge in [0.2, 0.25) is 5.91 Å². The Morgan fingerprint density at radius 2 is 1.82 bits per heavy atom. The molecule has 1 fully saturated rings. The summed E-state index contributed by atoms with van der Waals surface area (Å²) in [6.45, 7) is 1.01. The monoisotopic (exact) mass is 336 g/mol. The number of sulfone groups is 1. The maximum atomic E-state index is 12.5. The van der Waals surface area contributed by atoms with Crippen LogP contribution in [-0.2, 0) is 14.6 Å². The number of amides is 1. The molecule has 2 N–H and O–H groups in total. The lowest BCUT2D eigenvalue weighted by Gasteiger charge is -2.33. The van der Waals surface area contributed by atoms with Crippen molar-refractivity contribution in [3.8, 4) is 0 Å². The molecule has 5 nitrogen and oxygen atoms in total. The zero-order valence-electron chi connectivity index (χ0n) is 11.5. The van der Waals surface area contributed by atoms with Crippen molar-refractivity contribution in [3.63, 3.8) is 0 Å². The molecule has 1 heterocycles. The van der Waals surface area contributed by atoms with Crippen LogP contribution in [0.2, 0.25) is 0 Å². The highest BCUT2D eigenvalue weighted by Gasteiger charge is 2.46. The first-order valence-corrected chi connectivity index (χ1v) is 8.07. The van der Waals surface area contributed by atoms with Crippen molar-refractivity contribution in [2.45, 2.75) is 23.2 Å². The molecule has 9 heteroatoms. The lowest BCUT2D eigenvalue weighted by molar-refractivity contribution is -0.122. The first kappa shape index (κ1) is 16.6. The summed E-state index contributed by atoms with van der Waals surface area (Å²) in [7, 11) is -5.34. The highest BCUT2D eigenvalue weighted by atomic mass is 32.2. The lowest BCUT2D eigenvalue weighted by Crippen LogP contribution is -2.41. The number of piperidine rings is 1. The van der Waals surface area contributed by atoms with Crippen molar-refractivity contribution < 1.29 is 26.4 Å². The van der Waals surface area contributed by atoms with Crippen molar-refractivity contribution >= 4 is 21.4 Å². The molecular weight excluding hydrogens is 321 g/mol. The Balaban J connectivity index is 2.21. The fourth-order valence-electron chi connectivity index (χ4n) is 2.41. The van der Waals surface area contributed by atoms with E-state index in [4.69, 9.17) is 5.73 Å². The fraction of sp³-hybridized carbons (Fsp3) is 0.462. The summed E-state index contributed by atoms with van der Waals surface area (Å²) >= 11 is 0. The minimum atomic E-state index is -5.34. The predicted octanol–water partition coefficient (Wildman–Crippen LogP) is 1.68. The van der Waals surface area contributed by atoms with Crippen molar-refractivity contribution in [2.24, 2.45) is 11.7 Å². The number of rotatable bonds is 3. The number of carbonyl (C=O) groups excluding carboxylic acids is 1. The fourth-order valence-corrected chi connectivity index (χ4v) is 3.18. The third-order valence-corrected chi connectivity index (χ3v) is 5.14. The Morgan fingerprint density at radius 1 is 1.23 bits per heavy atom. The summed E-state index contributed by atoms with van der Waals surface area (Å²) in [5.74, 6) is -0.728. The largest absolute Gasteiger partial charge is 0.501 e. The van der Waals surface area contributed by atoms with Gasteiger partial charge < -0.3 is 10.6 Å². The van der Waals surface area contributed by atoms with Crippen LogP contribution >= 0.6 is 0 Å². The van der Waals surface area contributed by atoms with E-state index in [1.54, 1.807) is 0 Å². The molecule has 1 atom stereocenters. The van der Waals surface area contributed by atoms with Crippen LogP contribution in [0.15, 0.2) is 29.2 Å². The van der Waals surface area contributed by atoms with Gasteiger partial charge in [-0.1, -0.05) is 0 Å². The molecule has 0 aliphatic carbocycles. The van der Waals surface area contributed by atoms with Crippen molar-refractivity contribution in [1.82, 2.24) is 0 Å². The Bertz CT molecular complexity index is 656. The van der Waals surface area contributed by atoms with E-state index in [1.165, 1.54) is 12.1 Å². The van der Waals surface area contributed by atoms with Gasteiger partial charge in [-0.3, -0.25) is 4.79 Å². The summed E-state index contributed by atoms with van der Waals surface area (Å²) in [6, 6.07) is 4.46. The average Bonchev–Trinajstić information content (AvgIpc) is 2.46. The number of hydrogen-bond acceptors (Lipinski definition) is 4. The molecule has 1 aromatic carbocycles. The SMILES string of the molecule is NC(=O)[C@H]1CCCN(c2ccc(S(=O)(=O)C(F)(F)F)cc2)C1. The second-order valence-electron chi connectivity index (χ2n) is 5.13. The number of carbonyl (C=O) groups is 1. The number of primary amides is 1. The van der Waals surface area contributed by atoms with Gasteiger partial charge in [0.1, 0.15) is 0 Å². The van der Waals surface area contributed by atoms with E-state index < -0.39 is 26.1 Å². The van der Waals surface area contributed by atoms with Crippen LogP contribution < -0.4 is 10.6 Å². The Kier molecular flexibility index (Phi) is 4.37. The molecule has 0 aromatic heterocycles. The molecule has 1 aromatic rings. The molecule has 122 valence electrons. The van der Waals surface area contributed by atoms with Crippen LogP contribution in [0.25, 0.3) is 0 Å². The Hall–Kier alpha value is -1.77. The number of halogens is 3. The summed E-state index contributed by atoms with van der Waals surface area (Å²) in [6.07, 6.45) is 1.41. The molecule has 1 aliphatic heterocycles. The van der Waals surface area contributed by atoms with E-state index in [0.29, 0.717) is 25.2 Å². The third-order valence-electron chi connectivity index (χ3n) is 3.64. The minimum Gasteiger partial charge on any atom is -0.371 e. The van der Waals surface area contributed by atoms with Crippen LogP contribution in [-0.4, -0.2) is 32.9 Å². The molecule has 22 heavy (non-hydrogen) atoms. The van der Waals surface area contributed by atoms with Gasteiger partial charge >= 0.3 is 5.51 Å². The zero-order chi connectivity index (χ0) is 16.5. The van der Waals surface area contributed by atoms with Gasteiger partial charge in [0.15, 0.2) is 0 Å². The second kappa shape index (κ2) is 5.79. The van der Waals surface area contributed by atoms with Crippen molar-refractivity contribution in [1.29, 1.82) is 0 Å². The molecule has 0 spiro atoms. The number of alkyl halides is 3. The van der Waals surface area contributed by atoms with E-state index in [1.807, 2.05) is 4.90 Å². The summed E-state index contributed by atoms with van der Waals surface area (Å²) in [5.41, 5.74) is 0.506. The minimum absolute atomic E-state index is 0.313.